The average molecular weight is 396 g/mol. The van der Waals surface area contributed by atoms with E-state index < -0.39 is 0 Å². The zero-order chi connectivity index (χ0) is 20.1. The maximum atomic E-state index is 12.4. The molecule has 7 nitrogen and oxygen atoms in total. The molecule has 2 aliphatic rings. The van der Waals surface area contributed by atoms with Crippen LogP contribution in [0.5, 0.6) is 0 Å². The van der Waals surface area contributed by atoms with Crippen LogP contribution in [0.1, 0.15) is 18.4 Å². The highest BCUT2D eigenvalue weighted by atomic mass is 16.6. The molecule has 1 aromatic heterocycles. The van der Waals surface area contributed by atoms with Crippen molar-refractivity contribution in [3.05, 3.63) is 54.4 Å². The van der Waals surface area contributed by atoms with Crippen LogP contribution < -0.4 is 4.90 Å². The summed E-state index contributed by atoms with van der Waals surface area (Å²) in [6.07, 6.45) is 6.00. The van der Waals surface area contributed by atoms with E-state index >= 15 is 0 Å². The number of rotatable bonds is 7. The minimum atomic E-state index is -0.356. The minimum Gasteiger partial charge on any atom is -0.441 e. The lowest BCUT2D eigenvalue weighted by atomic mass is 9.91. The van der Waals surface area contributed by atoms with Gasteiger partial charge in [-0.2, -0.15) is 0 Å². The molecule has 3 heterocycles. The molecule has 0 atom stereocenters. The second kappa shape index (κ2) is 8.78. The smallest absolute Gasteiger partial charge is 0.410 e. The van der Waals surface area contributed by atoms with Gasteiger partial charge >= 0.3 is 6.09 Å². The zero-order valence-electron chi connectivity index (χ0n) is 17.0. The summed E-state index contributed by atoms with van der Waals surface area (Å²) in [5, 5.41) is 0. The molecule has 0 unspecified atom stereocenters. The molecule has 0 N–H and O–H groups in total. The van der Waals surface area contributed by atoms with E-state index in [2.05, 4.69) is 51.1 Å². The first-order chi connectivity index (χ1) is 14.1. The van der Waals surface area contributed by atoms with Crippen LogP contribution >= 0.6 is 0 Å². The minimum absolute atomic E-state index is 0.175. The Morgan fingerprint density at radius 1 is 1.07 bits per heavy atom. The molecular formula is C22H29N5O2. The maximum absolute atomic E-state index is 12.4. The van der Waals surface area contributed by atoms with Gasteiger partial charge in [-0.15, -0.1) is 0 Å². The predicted molar refractivity (Wildman–Crippen MR) is 112 cm³/mol. The van der Waals surface area contributed by atoms with Gasteiger partial charge in [0.05, 0.1) is 6.54 Å². The van der Waals surface area contributed by atoms with Gasteiger partial charge in [0.2, 0.25) is 5.95 Å². The topological polar surface area (TPSA) is 61.8 Å². The molecular weight excluding hydrogens is 366 g/mol. The molecule has 2 fully saturated rings. The summed E-state index contributed by atoms with van der Waals surface area (Å²) in [6, 6.07) is 12.3. The third-order valence-corrected chi connectivity index (χ3v) is 5.93. The molecule has 1 amide bonds. The Kier molecular flexibility index (Phi) is 5.94. The standard InChI is InChI=1S/C22H29N5O2/c1-25(13-8-19-6-3-2-4-7-19)16-17-27-18-22(29-21(27)28)9-14-26(15-10-22)20-23-11-5-12-24-20/h2-7,11-12H,8-10,13-18H2,1H3. The number of benzene rings is 1. The summed E-state index contributed by atoms with van der Waals surface area (Å²) >= 11 is 0. The van der Waals surface area contributed by atoms with Gasteiger partial charge in [0, 0.05) is 58.0 Å². The van der Waals surface area contributed by atoms with Crippen molar-refractivity contribution in [2.75, 3.05) is 51.2 Å². The van der Waals surface area contributed by atoms with Crippen molar-refractivity contribution >= 4 is 12.0 Å². The van der Waals surface area contributed by atoms with E-state index in [1.807, 2.05) is 17.0 Å². The predicted octanol–water partition coefficient (Wildman–Crippen LogP) is 2.44. The number of hydrogen-bond donors (Lipinski definition) is 0. The van der Waals surface area contributed by atoms with Crippen molar-refractivity contribution in [1.29, 1.82) is 0 Å². The van der Waals surface area contributed by atoms with Crippen molar-refractivity contribution in [1.82, 2.24) is 19.8 Å². The normalized spacial score (nSPS) is 18.5. The van der Waals surface area contributed by atoms with E-state index in [4.69, 9.17) is 4.74 Å². The number of carbonyl (C=O) groups is 1. The summed E-state index contributed by atoms with van der Waals surface area (Å²) in [5.41, 5.74) is 0.985. The van der Waals surface area contributed by atoms with Gasteiger partial charge in [-0.25, -0.2) is 14.8 Å². The number of anilines is 1. The van der Waals surface area contributed by atoms with Gasteiger partial charge in [0.1, 0.15) is 5.60 Å². The third-order valence-electron chi connectivity index (χ3n) is 5.93. The third kappa shape index (κ3) is 4.85. The van der Waals surface area contributed by atoms with Gasteiger partial charge in [-0.1, -0.05) is 30.3 Å². The Balaban J connectivity index is 1.23. The Bertz CT molecular complexity index is 793. The number of aromatic nitrogens is 2. The molecule has 1 spiro atoms. The van der Waals surface area contributed by atoms with E-state index in [0.717, 1.165) is 51.4 Å². The van der Waals surface area contributed by atoms with Crippen LogP contribution in [0.25, 0.3) is 0 Å². The number of ether oxygens (including phenoxy) is 1. The molecule has 29 heavy (non-hydrogen) atoms. The van der Waals surface area contributed by atoms with Gasteiger partial charge in [0.25, 0.3) is 0 Å². The molecule has 7 heteroatoms. The fourth-order valence-corrected chi connectivity index (χ4v) is 4.06. The van der Waals surface area contributed by atoms with Crippen LogP contribution in [-0.4, -0.2) is 77.8 Å². The van der Waals surface area contributed by atoms with Crippen molar-refractivity contribution in [2.24, 2.45) is 0 Å². The number of hydrogen-bond acceptors (Lipinski definition) is 6. The lowest BCUT2D eigenvalue weighted by Gasteiger charge is -2.37. The number of piperidine rings is 1. The summed E-state index contributed by atoms with van der Waals surface area (Å²) in [7, 11) is 2.11. The summed E-state index contributed by atoms with van der Waals surface area (Å²) < 4.78 is 5.85. The van der Waals surface area contributed by atoms with Crippen LogP contribution in [0.2, 0.25) is 0 Å². The second-order valence-corrected chi connectivity index (χ2v) is 8.05. The van der Waals surface area contributed by atoms with Crippen molar-refractivity contribution < 1.29 is 9.53 Å². The average Bonchev–Trinajstić information content (AvgIpc) is 3.07. The van der Waals surface area contributed by atoms with Crippen LogP contribution in [-0.2, 0) is 11.2 Å². The molecule has 2 saturated heterocycles. The largest absolute Gasteiger partial charge is 0.441 e. The first-order valence-electron chi connectivity index (χ1n) is 10.4. The zero-order valence-corrected chi connectivity index (χ0v) is 17.0. The monoisotopic (exact) mass is 395 g/mol. The van der Waals surface area contributed by atoms with E-state index in [-0.39, 0.29) is 11.7 Å². The Hall–Kier alpha value is -2.67. The lowest BCUT2D eigenvalue weighted by Crippen LogP contribution is -2.47. The van der Waals surface area contributed by atoms with Crippen molar-refractivity contribution in [3.63, 3.8) is 0 Å². The molecule has 0 bridgehead atoms. The molecule has 2 aliphatic heterocycles. The van der Waals surface area contributed by atoms with E-state index in [0.29, 0.717) is 13.1 Å². The number of amides is 1. The number of carbonyl (C=O) groups excluding carboxylic acids is 1. The number of likely N-dealkylation sites (N-methyl/N-ethyl adjacent to an activating group) is 1. The van der Waals surface area contributed by atoms with Gasteiger partial charge in [0.15, 0.2) is 0 Å². The summed E-state index contributed by atoms with van der Waals surface area (Å²) in [6.45, 7) is 4.83. The van der Waals surface area contributed by atoms with Crippen LogP contribution in [0.15, 0.2) is 48.8 Å². The second-order valence-electron chi connectivity index (χ2n) is 8.05. The maximum Gasteiger partial charge on any atom is 0.410 e. The van der Waals surface area contributed by atoms with Gasteiger partial charge < -0.3 is 19.4 Å². The van der Waals surface area contributed by atoms with Crippen molar-refractivity contribution in [3.8, 4) is 0 Å². The fourth-order valence-electron chi connectivity index (χ4n) is 4.06. The fraction of sp³-hybridized carbons (Fsp3) is 0.500. The highest BCUT2D eigenvalue weighted by molar-refractivity contribution is 5.70. The molecule has 1 aromatic carbocycles. The quantitative estimate of drug-likeness (QED) is 0.718. The highest BCUT2D eigenvalue weighted by Gasteiger charge is 2.47. The number of nitrogens with zero attached hydrogens (tertiary/aromatic N) is 5. The molecule has 0 aliphatic carbocycles. The summed E-state index contributed by atoms with van der Waals surface area (Å²) in [4.78, 5) is 27.4. The Morgan fingerprint density at radius 3 is 2.52 bits per heavy atom. The molecule has 4 rings (SSSR count). The van der Waals surface area contributed by atoms with Crippen LogP contribution in [0.3, 0.4) is 0 Å². The molecule has 154 valence electrons. The SMILES string of the molecule is CN(CCc1ccccc1)CCN1CC2(CCN(c3ncccn3)CC2)OC1=O. The van der Waals surface area contributed by atoms with Crippen molar-refractivity contribution in [2.45, 2.75) is 24.9 Å². The highest BCUT2D eigenvalue weighted by Crippen LogP contribution is 2.33. The van der Waals surface area contributed by atoms with Gasteiger partial charge in [-0.3, -0.25) is 0 Å². The summed E-state index contributed by atoms with van der Waals surface area (Å²) in [5.74, 6) is 0.753. The molecule has 0 saturated carbocycles. The first kappa shape index (κ1) is 19.6. The van der Waals surface area contributed by atoms with Gasteiger partial charge in [-0.05, 0) is 25.1 Å². The lowest BCUT2D eigenvalue weighted by molar-refractivity contribution is 0.0364. The van der Waals surface area contributed by atoms with E-state index in [1.165, 1.54) is 5.56 Å². The first-order valence-corrected chi connectivity index (χ1v) is 10.4. The van der Waals surface area contributed by atoms with Crippen LogP contribution in [0.4, 0.5) is 10.7 Å². The Morgan fingerprint density at radius 2 is 1.79 bits per heavy atom. The van der Waals surface area contributed by atoms with E-state index in [9.17, 15) is 4.79 Å². The molecule has 0 radical (unpaired) electrons. The Labute approximate surface area is 172 Å². The van der Waals surface area contributed by atoms with Crippen LogP contribution in [0, 0.1) is 0 Å². The van der Waals surface area contributed by atoms with E-state index in [1.54, 1.807) is 12.4 Å². The molecule has 2 aromatic rings.